The topological polar surface area (TPSA) is 91.5 Å². The lowest BCUT2D eigenvalue weighted by Crippen LogP contribution is -2.37. The van der Waals surface area contributed by atoms with E-state index in [-0.39, 0.29) is 17.3 Å². The minimum absolute atomic E-state index is 0.163. The summed E-state index contributed by atoms with van der Waals surface area (Å²) in [5, 5.41) is 27.1. The Kier molecular flexibility index (Phi) is 5.43. The average Bonchev–Trinajstić information content (AvgIpc) is 3.75. The smallest absolute Gasteiger partial charge is 0.148 e. The van der Waals surface area contributed by atoms with Crippen molar-refractivity contribution in [2.24, 2.45) is 5.41 Å². The first-order chi connectivity index (χ1) is 17.7. The van der Waals surface area contributed by atoms with Gasteiger partial charge < -0.3 is 10.6 Å². The number of nitriles is 1. The summed E-state index contributed by atoms with van der Waals surface area (Å²) in [5.41, 5.74) is 3.42. The van der Waals surface area contributed by atoms with E-state index in [2.05, 4.69) is 45.8 Å². The van der Waals surface area contributed by atoms with E-state index in [1.165, 1.54) is 12.1 Å². The van der Waals surface area contributed by atoms with Crippen LogP contribution in [0.15, 0.2) is 48.8 Å². The van der Waals surface area contributed by atoms with E-state index in [4.69, 9.17) is 11.6 Å². The summed E-state index contributed by atoms with van der Waals surface area (Å²) < 4.78 is 15.7. The Morgan fingerprint density at radius 1 is 1.24 bits per heavy atom. The third-order valence-corrected chi connectivity index (χ3v) is 7.92. The number of hydrogen-bond donors (Lipinski definition) is 2. The summed E-state index contributed by atoms with van der Waals surface area (Å²) in [6.45, 7) is 4.39. The highest BCUT2D eigenvalue weighted by molar-refractivity contribution is 6.36. The fourth-order valence-electron chi connectivity index (χ4n) is 4.84. The van der Waals surface area contributed by atoms with Gasteiger partial charge in [-0.2, -0.15) is 5.26 Å². The van der Waals surface area contributed by atoms with Crippen LogP contribution in [0.5, 0.6) is 0 Å². The molecule has 37 heavy (non-hydrogen) atoms. The van der Waals surface area contributed by atoms with Gasteiger partial charge in [-0.15, -0.1) is 5.10 Å². The minimum Gasteiger partial charge on any atom is -0.380 e. The number of anilines is 2. The molecular weight excluding hydrogens is 488 g/mol. The normalized spacial score (nSPS) is 19.7. The number of rotatable bonds is 7. The molecule has 2 saturated carbocycles. The van der Waals surface area contributed by atoms with Crippen molar-refractivity contribution in [1.82, 2.24) is 20.0 Å². The van der Waals surface area contributed by atoms with Gasteiger partial charge in [0.1, 0.15) is 25.4 Å². The lowest BCUT2D eigenvalue weighted by atomic mass is 9.69. The highest BCUT2D eigenvalue weighted by Gasteiger charge is 2.46. The lowest BCUT2D eigenvalue weighted by molar-refractivity contribution is 0.610. The van der Waals surface area contributed by atoms with E-state index in [0.29, 0.717) is 27.8 Å². The van der Waals surface area contributed by atoms with Crippen LogP contribution in [-0.4, -0.2) is 33.9 Å². The van der Waals surface area contributed by atoms with Crippen LogP contribution >= 0.6 is 11.6 Å². The van der Waals surface area contributed by atoms with Crippen molar-refractivity contribution < 1.29 is 4.39 Å². The first-order valence-electron chi connectivity index (χ1n) is 12.4. The zero-order chi connectivity index (χ0) is 25.9. The summed E-state index contributed by atoms with van der Waals surface area (Å²) in [5.74, 6) is -0.310. The Morgan fingerprint density at radius 2 is 1.97 bits per heavy atom. The summed E-state index contributed by atoms with van der Waals surface area (Å²) in [7, 11) is 2.00. The summed E-state index contributed by atoms with van der Waals surface area (Å²) in [6.07, 6.45) is 6.72. The van der Waals surface area contributed by atoms with Gasteiger partial charge in [0, 0.05) is 23.3 Å². The Balaban J connectivity index is 1.46. The molecular formula is C27H26BClFN7. The largest absolute Gasteiger partial charge is 0.380 e. The number of aromatic nitrogens is 4. The molecule has 6 rings (SSSR count). The Labute approximate surface area is 220 Å². The number of pyridine rings is 1. The number of nitrogens with zero attached hydrogens (tertiary/aromatic N) is 5. The van der Waals surface area contributed by atoms with Gasteiger partial charge in [-0.25, -0.2) is 9.07 Å². The highest BCUT2D eigenvalue weighted by Crippen LogP contribution is 2.48. The van der Waals surface area contributed by atoms with Crippen molar-refractivity contribution in [3.8, 4) is 6.07 Å². The van der Waals surface area contributed by atoms with E-state index >= 15 is 0 Å². The number of fused-ring (bicyclic) bond motifs is 1. The van der Waals surface area contributed by atoms with Gasteiger partial charge in [-0.3, -0.25) is 4.98 Å². The predicted octanol–water partition coefficient (Wildman–Crippen LogP) is 4.98. The predicted molar refractivity (Wildman–Crippen MR) is 145 cm³/mol. The van der Waals surface area contributed by atoms with Crippen molar-refractivity contribution in [3.63, 3.8) is 0 Å². The van der Waals surface area contributed by atoms with E-state index in [0.717, 1.165) is 41.6 Å². The first kappa shape index (κ1) is 23.7. The monoisotopic (exact) mass is 513 g/mol. The maximum Gasteiger partial charge on any atom is 0.148 e. The van der Waals surface area contributed by atoms with Gasteiger partial charge in [0.25, 0.3) is 0 Å². The zero-order valence-electron chi connectivity index (χ0n) is 20.9. The van der Waals surface area contributed by atoms with Crippen LogP contribution in [0.4, 0.5) is 15.8 Å². The average molecular weight is 514 g/mol. The molecule has 0 bridgehead atoms. The zero-order valence-corrected chi connectivity index (χ0v) is 21.6. The molecule has 2 unspecified atom stereocenters. The van der Waals surface area contributed by atoms with Gasteiger partial charge in [0.15, 0.2) is 0 Å². The molecule has 10 heteroatoms. The molecule has 2 aliphatic rings. The quantitative estimate of drug-likeness (QED) is 0.339. The maximum absolute atomic E-state index is 13.8. The minimum atomic E-state index is -0.829. The van der Waals surface area contributed by atoms with Gasteiger partial charge in [0.2, 0.25) is 0 Å². The number of benzene rings is 2. The van der Waals surface area contributed by atoms with Crippen LogP contribution in [0.1, 0.15) is 56.0 Å². The Morgan fingerprint density at radius 3 is 2.62 bits per heavy atom. The SMILES string of the molecule is BC(Nc1cc(Cl)c2ncc(C#N)c(NC3CC3(C)C)c2c1)(c1ccc(F)cc1)c1cn(C2CC2)nn1. The number of halogens is 2. The van der Waals surface area contributed by atoms with Gasteiger partial charge in [-0.05, 0) is 54.5 Å². The summed E-state index contributed by atoms with van der Waals surface area (Å²) in [6, 6.07) is 13.1. The summed E-state index contributed by atoms with van der Waals surface area (Å²) >= 11 is 6.74. The summed E-state index contributed by atoms with van der Waals surface area (Å²) in [4.78, 5) is 4.48. The number of hydrogen-bond acceptors (Lipinski definition) is 6. The van der Waals surface area contributed by atoms with Crippen molar-refractivity contribution >= 4 is 41.7 Å². The molecule has 2 N–H and O–H groups in total. The maximum atomic E-state index is 13.8. The highest BCUT2D eigenvalue weighted by atomic mass is 35.5. The van der Waals surface area contributed by atoms with Crippen LogP contribution in [0.25, 0.3) is 10.9 Å². The van der Waals surface area contributed by atoms with Crippen molar-refractivity contribution in [2.75, 3.05) is 10.6 Å². The molecule has 2 fully saturated rings. The van der Waals surface area contributed by atoms with Crippen LogP contribution in [0.2, 0.25) is 5.02 Å². The standard InChI is InChI=1S/C27H26BClFN7/c1-26(2)11-22(26)33-24-15(12-31)13-32-25-20(24)9-18(10-21(25)29)34-27(28,16-3-5-17(30)6-4-16)23-14-37(36-35-23)19-7-8-19/h3-6,9-10,13-14,19,22,34H,7-8,11,28H2,1-2H3,(H,32,33). The molecule has 4 aromatic rings. The molecule has 2 atom stereocenters. The van der Waals surface area contributed by atoms with Crippen LogP contribution in [0.3, 0.4) is 0 Å². The Hall–Kier alpha value is -3.64. The van der Waals surface area contributed by atoms with Gasteiger partial charge in [-0.1, -0.05) is 42.8 Å². The molecule has 7 nitrogen and oxygen atoms in total. The second-order valence-corrected chi connectivity index (χ2v) is 11.4. The molecule has 2 aromatic carbocycles. The second-order valence-electron chi connectivity index (χ2n) is 11.0. The number of nitrogens with one attached hydrogen (secondary N) is 2. The van der Waals surface area contributed by atoms with Crippen LogP contribution in [-0.2, 0) is 5.44 Å². The fourth-order valence-corrected chi connectivity index (χ4v) is 5.11. The molecule has 0 spiro atoms. The van der Waals surface area contributed by atoms with Crippen LogP contribution in [0, 0.1) is 22.6 Å². The Bertz CT molecular complexity index is 1560. The second kappa shape index (κ2) is 8.46. The molecule has 2 aromatic heterocycles. The van der Waals surface area contributed by atoms with Crippen molar-refractivity contribution in [1.29, 1.82) is 5.26 Å². The van der Waals surface area contributed by atoms with Crippen LogP contribution < -0.4 is 10.6 Å². The molecule has 2 aliphatic carbocycles. The molecule has 186 valence electrons. The molecule has 0 radical (unpaired) electrons. The van der Waals surface area contributed by atoms with Gasteiger partial charge >= 0.3 is 0 Å². The van der Waals surface area contributed by atoms with E-state index < -0.39 is 5.44 Å². The molecule has 0 aliphatic heterocycles. The third-order valence-electron chi connectivity index (χ3n) is 7.64. The molecule has 0 amide bonds. The van der Waals surface area contributed by atoms with E-state index in [1.807, 2.05) is 30.9 Å². The molecule has 2 heterocycles. The lowest BCUT2D eigenvalue weighted by Gasteiger charge is -2.31. The van der Waals surface area contributed by atoms with E-state index in [1.54, 1.807) is 18.3 Å². The van der Waals surface area contributed by atoms with E-state index in [9.17, 15) is 9.65 Å². The van der Waals surface area contributed by atoms with Crippen molar-refractivity contribution in [2.45, 2.75) is 50.6 Å². The van der Waals surface area contributed by atoms with Crippen molar-refractivity contribution in [3.05, 3.63) is 76.5 Å². The third kappa shape index (κ3) is 4.29. The van der Waals surface area contributed by atoms with Gasteiger partial charge in [0.05, 0.1) is 39.5 Å². The fraction of sp³-hybridized carbons (Fsp3) is 0.333. The first-order valence-corrected chi connectivity index (χ1v) is 12.8. The molecule has 0 saturated heterocycles.